The predicted molar refractivity (Wildman–Crippen MR) is 120 cm³/mol. The third-order valence-electron chi connectivity index (χ3n) is 5.21. The van der Waals surface area contributed by atoms with Crippen LogP contribution in [0.5, 0.6) is 11.5 Å². The molecule has 0 bridgehead atoms. The van der Waals surface area contributed by atoms with Gasteiger partial charge >= 0.3 is 0 Å². The predicted octanol–water partition coefficient (Wildman–Crippen LogP) is 5.85. The van der Waals surface area contributed by atoms with E-state index in [-0.39, 0.29) is 12.0 Å². The lowest BCUT2D eigenvalue weighted by molar-refractivity contribution is 0.0679. The molecule has 2 aromatic carbocycles. The van der Waals surface area contributed by atoms with Crippen LogP contribution in [0.25, 0.3) is 0 Å². The fourth-order valence-electron chi connectivity index (χ4n) is 3.40. The van der Waals surface area contributed by atoms with Crippen LogP contribution in [-0.2, 0) is 4.74 Å². The summed E-state index contributed by atoms with van der Waals surface area (Å²) in [6.07, 6.45) is 8.41. The smallest absolute Gasteiger partial charge is 0.255 e. The lowest BCUT2D eigenvalue weighted by Gasteiger charge is -2.12. The Hall–Kier alpha value is -2.53. The van der Waals surface area contributed by atoms with Gasteiger partial charge in [0, 0.05) is 17.9 Å². The Morgan fingerprint density at radius 1 is 0.967 bits per heavy atom. The summed E-state index contributed by atoms with van der Waals surface area (Å²) in [6.45, 7) is 4.33. The van der Waals surface area contributed by atoms with E-state index in [1.54, 1.807) is 12.1 Å². The van der Waals surface area contributed by atoms with Crippen molar-refractivity contribution in [3.8, 4) is 11.5 Å². The normalized spacial score (nSPS) is 15.7. The van der Waals surface area contributed by atoms with E-state index in [2.05, 4.69) is 12.2 Å². The molecule has 1 fully saturated rings. The van der Waals surface area contributed by atoms with Crippen LogP contribution in [0, 0.1) is 0 Å². The van der Waals surface area contributed by atoms with Crippen LogP contribution in [0.15, 0.2) is 48.5 Å². The molecule has 1 saturated heterocycles. The lowest BCUT2D eigenvalue weighted by atomic mass is 10.1. The number of hydrogen-bond acceptors (Lipinski definition) is 4. The molecule has 0 spiro atoms. The van der Waals surface area contributed by atoms with Crippen LogP contribution < -0.4 is 14.8 Å². The highest BCUT2D eigenvalue weighted by molar-refractivity contribution is 6.04. The first-order valence-electron chi connectivity index (χ1n) is 11.1. The summed E-state index contributed by atoms with van der Waals surface area (Å²) < 4.78 is 17.1. The minimum Gasteiger partial charge on any atom is -0.494 e. The van der Waals surface area contributed by atoms with Crippen LogP contribution in [0.4, 0.5) is 5.69 Å². The van der Waals surface area contributed by atoms with Crippen LogP contribution in [0.3, 0.4) is 0 Å². The largest absolute Gasteiger partial charge is 0.494 e. The number of ether oxygens (including phenoxy) is 3. The van der Waals surface area contributed by atoms with E-state index in [4.69, 9.17) is 14.2 Å². The Bertz CT molecular complexity index is 752. The first-order chi connectivity index (χ1) is 14.7. The summed E-state index contributed by atoms with van der Waals surface area (Å²) in [6, 6.07) is 14.7. The van der Waals surface area contributed by atoms with Gasteiger partial charge in [-0.2, -0.15) is 0 Å². The van der Waals surface area contributed by atoms with Crippen molar-refractivity contribution in [2.45, 2.75) is 58.0 Å². The monoisotopic (exact) mass is 411 g/mol. The molecule has 162 valence electrons. The molecule has 0 aromatic heterocycles. The summed E-state index contributed by atoms with van der Waals surface area (Å²) in [5.41, 5.74) is 1.33. The molecule has 2 aromatic rings. The van der Waals surface area contributed by atoms with Gasteiger partial charge in [0.15, 0.2) is 0 Å². The number of benzene rings is 2. The maximum Gasteiger partial charge on any atom is 0.255 e. The molecule has 1 unspecified atom stereocenters. The van der Waals surface area contributed by atoms with E-state index in [9.17, 15) is 4.79 Å². The van der Waals surface area contributed by atoms with Crippen LogP contribution in [-0.4, -0.2) is 31.8 Å². The lowest BCUT2D eigenvalue weighted by Crippen LogP contribution is -2.16. The number of nitrogens with one attached hydrogen (secondary N) is 1. The minimum atomic E-state index is -0.144. The Kier molecular flexibility index (Phi) is 9.04. The molecule has 3 rings (SSSR count). The van der Waals surface area contributed by atoms with E-state index in [0.717, 1.165) is 49.7 Å². The Morgan fingerprint density at radius 3 is 2.37 bits per heavy atom. The van der Waals surface area contributed by atoms with Crippen molar-refractivity contribution in [2.75, 3.05) is 25.1 Å². The second-order valence-electron chi connectivity index (χ2n) is 7.71. The van der Waals surface area contributed by atoms with Crippen molar-refractivity contribution in [2.24, 2.45) is 0 Å². The van der Waals surface area contributed by atoms with Crippen LogP contribution >= 0.6 is 0 Å². The second-order valence-corrected chi connectivity index (χ2v) is 7.71. The molecule has 1 amide bonds. The zero-order chi connectivity index (χ0) is 21.0. The Balaban J connectivity index is 1.40. The minimum absolute atomic E-state index is 0.144. The first kappa shape index (κ1) is 22.2. The summed E-state index contributed by atoms with van der Waals surface area (Å²) in [5, 5.41) is 2.91. The van der Waals surface area contributed by atoms with E-state index in [1.165, 1.54) is 25.7 Å². The highest BCUT2D eigenvalue weighted by Gasteiger charge is 2.16. The van der Waals surface area contributed by atoms with Crippen LogP contribution in [0.1, 0.15) is 62.2 Å². The number of amides is 1. The van der Waals surface area contributed by atoms with Gasteiger partial charge in [0.05, 0.1) is 12.7 Å². The SMILES string of the molecule is CCCCCCCOc1ccc(C(=O)Nc2ccc(OCC3CCCO3)cc2)cc1. The number of carbonyl (C=O) groups is 1. The molecule has 1 heterocycles. The van der Waals surface area contributed by atoms with Crippen molar-refractivity contribution in [3.05, 3.63) is 54.1 Å². The molecule has 1 aliphatic rings. The molecule has 0 aliphatic carbocycles. The van der Waals surface area contributed by atoms with Crippen molar-refractivity contribution < 1.29 is 19.0 Å². The maximum atomic E-state index is 12.5. The summed E-state index contributed by atoms with van der Waals surface area (Å²) in [4.78, 5) is 12.5. The maximum absolute atomic E-state index is 12.5. The van der Waals surface area contributed by atoms with E-state index in [0.29, 0.717) is 12.2 Å². The van der Waals surface area contributed by atoms with Gasteiger partial charge in [0.1, 0.15) is 18.1 Å². The average Bonchev–Trinajstić information content (AvgIpc) is 3.30. The molecule has 30 heavy (non-hydrogen) atoms. The molecule has 0 saturated carbocycles. The van der Waals surface area contributed by atoms with Gasteiger partial charge in [-0.15, -0.1) is 0 Å². The molecule has 1 atom stereocenters. The zero-order valence-corrected chi connectivity index (χ0v) is 17.9. The number of anilines is 1. The van der Waals surface area contributed by atoms with Gasteiger partial charge in [-0.25, -0.2) is 0 Å². The van der Waals surface area contributed by atoms with Gasteiger partial charge < -0.3 is 19.5 Å². The zero-order valence-electron chi connectivity index (χ0n) is 17.9. The average molecular weight is 412 g/mol. The summed E-state index contributed by atoms with van der Waals surface area (Å²) >= 11 is 0. The molecule has 1 N–H and O–H groups in total. The van der Waals surface area contributed by atoms with Gasteiger partial charge in [-0.1, -0.05) is 32.6 Å². The van der Waals surface area contributed by atoms with Gasteiger partial charge in [0.2, 0.25) is 0 Å². The quantitative estimate of drug-likeness (QED) is 0.445. The standard InChI is InChI=1S/C25H33NO4/c1-2-3-4-5-6-17-28-22-13-9-20(10-14-22)25(27)26-21-11-15-23(16-12-21)30-19-24-8-7-18-29-24/h9-16,24H,2-8,17-19H2,1H3,(H,26,27). The van der Waals surface area contributed by atoms with E-state index >= 15 is 0 Å². The molecule has 1 aliphatic heterocycles. The van der Waals surface area contributed by atoms with Gasteiger partial charge in [-0.3, -0.25) is 4.79 Å². The number of hydrogen-bond donors (Lipinski definition) is 1. The third-order valence-corrected chi connectivity index (χ3v) is 5.21. The van der Waals surface area contributed by atoms with Crippen molar-refractivity contribution in [1.29, 1.82) is 0 Å². The molecular formula is C25H33NO4. The molecular weight excluding hydrogens is 378 g/mol. The summed E-state index contributed by atoms with van der Waals surface area (Å²) in [7, 11) is 0. The second kappa shape index (κ2) is 12.2. The topological polar surface area (TPSA) is 56.8 Å². The number of carbonyl (C=O) groups excluding carboxylic acids is 1. The summed E-state index contributed by atoms with van der Waals surface area (Å²) in [5.74, 6) is 1.43. The molecule has 5 nitrogen and oxygen atoms in total. The highest BCUT2D eigenvalue weighted by Crippen LogP contribution is 2.20. The van der Waals surface area contributed by atoms with E-state index < -0.39 is 0 Å². The highest BCUT2D eigenvalue weighted by atomic mass is 16.5. The Labute approximate surface area is 179 Å². The number of unbranched alkanes of at least 4 members (excludes halogenated alkanes) is 4. The molecule has 5 heteroatoms. The fraction of sp³-hybridized carbons (Fsp3) is 0.480. The van der Waals surface area contributed by atoms with Crippen molar-refractivity contribution in [1.82, 2.24) is 0 Å². The van der Waals surface area contributed by atoms with Gasteiger partial charge in [0.25, 0.3) is 5.91 Å². The number of rotatable bonds is 12. The first-order valence-corrected chi connectivity index (χ1v) is 11.1. The van der Waals surface area contributed by atoms with Crippen molar-refractivity contribution in [3.63, 3.8) is 0 Å². The van der Waals surface area contributed by atoms with Crippen LogP contribution in [0.2, 0.25) is 0 Å². The van der Waals surface area contributed by atoms with Gasteiger partial charge in [-0.05, 0) is 67.8 Å². The molecule has 0 radical (unpaired) electrons. The van der Waals surface area contributed by atoms with Crippen molar-refractivity contribution >= 4 is 11.6 Å². The van der Waals surface area contributed by atoms with E-state index in [1.807, 2.05) is 36.4 Å². The Morgan fingerprint density at radius 2 is 1.67 bits per heavy atom. The fourth-order valence-corrected chi connectivity index (χ4v) is 3.40. The third kappa shape index (κ3) is 7.38.